The van der Waals surface area contributed by atoms with Gasteiger partial charge in [-0.1, -0.05) is 73.2 Å². The summed E-state index contributed by atoms with van der Waals surface area (Å²) in [5.41, 5.74) is 4.76. The summed E-state index contributed by atoms with van der Waals surface area (Å²) in [7, 11) is 0. The number of benzene rings is 3. The van der Waals surface area contributed by atoms with Crippen LogP contribution >= 0.6 is 0 Å². The van der Waals surface area contributed by atoms with Crippen LogP contribution in [-0.4, -0.2) is 11.5 Å². The third kappa shape index (κ3) is 3.70. The van der Waals surface area contributed by atoms with Gasteiger partial charge < -0.3 is 5.32 Å². The molecule has 0 aliphatic rings. The van der Waals surface area contributed by atoms with Crippen LogP contribution in [-0.2, 0) is 6.42 Å². The fourth-order valence-electron chi connectivity index (χ4n) is 3.52. The molecule has 3 aromatic carbocycles. The molecule has 0 saturated carbocycles. The van der Waals surface area contributed by atoms with Crippen molar-refractivity contribution in [3.8, 4) is 0 Å². The lowest BCUT2D eigenvalue weighted by Gasteiger charge is -2.13. The van der Waals surface area contributed by atoms with Gasteiger partial charge in [-0.25, -0.2) is 4.98 Å². The molecule has 1 heterocycles. The van der Waals surface area contributed by atoms with Crippen molar-refractivity contribution in [1.29, 1.82) is 0 Å². The van der Waals surface area contributed by atoms with E-state index in [0.29, 0.717) is 0 Å². The maximum absolute atomic E-state index is 4.79. The van der Waals surface area contributed by atoms with E-state index in [2.05, 4.69) is 84.2 Å². The van der Waals surface area contributed by atoms with Gasteiger partial charge in [-0.15, -0.1) is 0 Å². The van der Waals surface area contributed by atoms with Crippen LogP contribution in [0.15, 0.2) is 78.9 Å². The number of hydrogen-bond acceptors (Lipinski definition) is 2. The minimum absolute atomic E-state index is 0.993. The third-order valence-electron chi connectivity index (χ3n) is 4.87. The van der Waals surface area contributed by atoms with E-state index < -0.39 is 0 Å². The second-order valence-corrected chi connectivity index (χ2v) is 6.74. The van der Waals surface area contributed by atoms with Crippen molar-refractivity contribution >= 4 is 27.5 Å². The molecule has 0 fully saturated rings. The van der Waals surface area contributed by atoms with Crippen molar-refractivity contribution in [2.24, 2.45) is 0 Å². The van der Waals surface area contributed by atoms with Crippen LogP contribution in [0.5, 0.6) is 0 Å². The van der Waals surface area contributed by atoms with Crippen molar-refractivity contribution in [2.75, 3.05) is 11.9 Å². The standard InChI is InChI=1S/C24H24N2/c1-3-11-19(12-4-1)13-5-2-10-18-25-24-20-14-6-8-16-22(20)26-23-17-9-7-15-21(23)24/h1,3-4,6-9,11-12,14-17H,2,5,10,13,18H2,(H,25,26). The van der Waals surface area contributed by atoms with Gasteiger partial charge in [0.05, 0.1) is 16.7 Å². The number of para-hydroxylation sites is 2. The highest BCUT2D eigenvalue weighted by molar-refractivity contribution is 6.07. The second kappa shape index (κ2) is 8.01. The number of aromatic nitrogens is 1. The third-order valence-corrected chi connectivity index (χ3v) is 4.87. The number of nitrogens with one attached hydrogen (secondary N) is 1. The highest BCUT2D eigenvalue weighted by Crippen LogP contribution is 2.30. The Labute approximate surface area is 154 Å². The molecule has 0 bridgehead atoms. The zero-order chi connectivity index (χ0) is 17.6. The maximum Gasteiger partial charge on any atom is 0.0730 e. The first-order valence-electron chi connectivity index (χ1n) is 9.47. The van der Waals surface area contributed by atoms with E-state index in [-0.39, 0.29) is 0 Å². The summed E-state index contributed by atoms with van der Waals surface area (Å²) < 4.78 is 0. The van der Waals surface area contributed by atoms with Crippen molar-refractivity contribution in [3.05, 3.63) is 84.4 Å². The van der Waals surface area contributed by atoms with Crippen LogP contribution in [0, 0.1) is 0 Å². The zero-order valence-electron chi connectivity index (χ0n) is 15.0. The Hall–Kier alpha value is -2.87. The van der Waals surface area contributed by atoms with Crippen molar-refractivity contribution in [3.63, 3.8) is 0 Å². The van der Waals surface area contributed by atoms with Gasteiger partial charge in [0.25, 0.3) is 0 Å². The molecule has 0 atom stereocenters. The van der Waals surface area contributed by atoms with Crippen molar-refractivity contribution in [1.82, 2.24) is 4.98 Å². The molecule has 0 saturated heterocycles. The molecule has 0 aliphatic carbocycles. The Morgan fingerprint density at radius 2 is 1.23 bits per heavy atom. The molecule has 130 valence electrons. The van der Waals surface area contributed by atoms with Crippen LogP contribution in [0.4, 0.5) is 5.69 Å². The number of pyridine rings is 1. The Kier molecular flexibility index (Phi) is 5.11. The molecule has 0 aliphatic heterocycles. The number of unbranched alkanes of at least 4 members (excludes halogenated alkanes) is 2. The predicted molar refractivity (Wildman–Crippen MR) is 112 cm³/mol. The van der Waals surface area contributed by atoms with Gasteiger partial charge in [-0.3, -0.25) is 0 Å². The van der Waals surface area contributed by atoms with Gasteiger partial charge in [0, 0.05) is 17.3 Å². The molecular weight excluding hydrogens is 316 g/mol. The molecule has 0 spiro atoms. The van der Waals surface area contributed by atoms with Crippen molar-refractivity contribution < 1.29 is 0 Å². The smallest absolute Gasteiger partial charge is 0.0730 e. The van der Waals surface area contributed by atoms with Crippen LogP contribution in [0.25, 0.3) is 21.8 Å². The summed E-state index contributed by atoms with van der Waals surface area (Å²) in [5.74, 6) is 0. The highest BCUT2D eigenvalue weighted by atomic mass is 14.9. The monoisotopic (exact) mass is 340 g/mol. The molecular formula is C24H24N2. The average molecular weight is 340 g/mol. The number of aryl methyl sites for hydroxylation is 1. The minimum Gasteiger partial charge on any atom is -0.384 e. The lowest BCUT2D eigenvalue weighted by atomic mass is 10.1. The van der Waals surface area contributed by atoms with Gasteiger partial charge in [-0.2, -0.15) is 0 Å². The summed E-state index contributed by atoms with van der Waals surface area (Å²) in [6.07, 6.45) is 4.83. The van der Waals surface area contributed by atoms with Gasteiger partial charge in [0.1, 0.15) is 0 Å². The predicted octanol–water partition coefficient (Wildman–Crippen LogP) is 6.21. The molecule has 1 aromatic heterocycles. The summed E-state index contributed by atoms with van der Waals surface area (Å²) >= 11 is 0. The van der Waals surface area contributed by atoms with Crippen LogP contribution in [0.2, 0.25) is 0 Å². The van der Waals surface area contributed by atoms with Crippen LogP contribution in [0.1, 0.15) is 24.8 Å². The normalized spacial score (nSPS) is 11.1. The van der Waals surface area contributed by atoms with E-state index in [0.717, 1.165) is 17.6 Å². The van der Waals surface area contributed by atoms with E-state index in [1.165, 1.54) is 47.7 Å². The minimum atomic E-state index is 0.993. The molecule has 2 nitrogen and oxygen atoms in total. The van der Waals surface area contributed by atoms with E-state index in [4.69, 9.17) is 4.98 Å². The molecule has 4 rings (SSSR count). The molecule has 1 N–H and O–H groups in total. The first-order valence-corrected chi connectivity index (χ1v) is 9.47. The quantitative estimate of drug-likeness (QED) is 0.319. The Bertz CT molecular complexity index is 939. The average Bonchev–Trinajstić information content (AvgIpc) is 2.70. The number of rotatable bonds is 7. The summed E-state index contributed by atoms with van der Waals surface area (Å²) in [4.78, 5) is 4.79. The molecule has 26 heavy (non-hydrogen) atoms. The van der Waals surface area contributed by atoms with E-state index >= 15 is 0 Å². The van der Waals surface area contributed by atoms with E-state index in [9.17, 15) is 0 Å². The summed E-state index contributed by atoms with van der Waals surface area (Å²) in [6.45, 7) is 0.993. The molecule has 0 amide bonds. The highest BCUT2D eigenvalue weighted by Gasteiger charge is 2.07. The van der Waals surface area contributed by atoms with Gasteiger partial charge in [0.15, 0.2) is 0 Å². The van der Waals surface area contributed by atoms with Gasteiger partial charge in [0.2, 0.25) is 0 Å². The topological polar surface area (TPSA) is 24.9 Å². The molecule has 0 unspecified atom stereocenters. The number of anilines is 1. The summed E-state index contributed by atoms with van der Waals surface area (Å²) in [6, 6.07) is 27.5. The first-order chi connectivity index (χ1) is 12.9. The lowest BCUT2D eigenvalue weighted by Crippen LogP contribution is -2.03. The number of hydrogen-bond donors (Lipinski definition) is 1. The van der Waals surface area contributed by atoms with E-state index in [1.807, 2.05) is 0 Å². The number of nitrogens with zero attached hydrogens (tertiary/aromatic N) is 1. The number of fused-ring (bicyclic) bond motifs is 2. The fourth-order valence-corrected chi connectivity index (χ4v) is 3.52. The SMILES string of the molecule is c1ccc(CCCCCNc2c3ccccc3nc3ccccc23)cc1. The lowest BCUT2D eigenvalue weighted by molar-refractivity contribution is 0.699. The maximum atomic E-state index is 4.79. The van der Waals surface area contributed by atoms with Crippen LogP contribution < -0.4 is 5.32 Å². The van der Waals surface area contributed by atoms with Crippen molar-refractivity contribution in [2.45, 2.75) is 25.7 Å². The zero-order valence-corrected chi connectivity index (χ0v) is 15.0. The molecule has 0 radical (unpaired) electrons. The fraction of sp³-hybridized carbons (Fsp3) is 0.208. The Morgan fingerprint density at radius 1 is 0.615 bits per heavy atom. The Morgan fingerprint density at radius 3 is 1.92 bits per heavy atom. The van der Waals surface area contributed by atoms with Gasteiger partial charge >= 0.3 is 0 Å². The summed E-state index contributed by atoms with van der Waals surface area (Å²) in [5, 5.41) is 6.10. The molecule has 2 heteroatoms. The van der Waals surface area contributed by atoms with E-state index in [1.54, 1.807) is 0 Å². The van der Waals surface area contributed by atoms with Crippen LogP contribution in [0.3, 0.4) is 0 Å². The first kappa shape index (κ1) is 16.6. The largest absolute Gasteiger partial charge is 0.384 e. The van der Waals surface area contributed by atoms with Gasteiger partial charge in [-0.05, 0) is 37.0 Å². The Balaban J connectivity index is 1.41. The molecule has 4 aromatic rings. The second-order valence-electron chi connectivity index (χ2n) is 6.74.